The van der Waals surface area contributed by atoms with E-state index < -0.39 is 11.8 Å². The standard InChI is InChI=1S/C17H24ClN3O4/c1-5-11(4)20-16(22)17(23)21-19-10-12-8-13(18)15(25-7-3)14(9-12)24-6-2/h8-11H,5-7H2,1-4H3,(H,20,22)(H,21,23)/b19-10-/t11-/m1/s1. The molecule has 7 nitrogen and oxygen atoms in total. The van der Waals surface area contributed by atoms with Gasteiger partial charge in [-0.3, -0.25) is 9.59 Å². The zero-order valence-corrected chi connectivity index (χ0v) is 15.6. The second-order valence-electron chi connectivity index (χ2n) is 5.18. The van der Waals surface area contributed by atoms with E-state index >= 15 is 0 Å². The van der Waals surface area contributed by atoms with Crippen molar-refractivity contribution in [3.05, 3.63) is 22.7 Å². The van der Waals surface area contributed by atoms with Crippen molar-refractivity contribution in [3.63, 3.8) is 0 Å². The lowest BCUT2D eigenvalue weighted by Crippen LogP contribution is -2.41. The van der Waals surface area contributed by atoms with Crippen molar-refractivity contribution in [3.8, 4) is 11.5 Å². The molecule has 8 heteroatoms. The predicted octanol–water partition coefficient (Wildman–Crippen LogP) is 2.50. The van der Waals surface area contributed by atoms with Crippen LogP contribution >= 0.6 is 11.6 Å². The molecule has 0 aliphatic carbocycles. The van der Waals surface area contributed by atoms with Gasteiger partial charge in [-0.1, -0.05) is 18.5 Å². The number of halogens is 1. The number of hydrogen-bond donors (Lipinski definition) is 2. The van der Waals surface area contributed by atoms with Gasteiger partial charge in [0.25, 0.3) is 0 Å². The maximum absolute atomic E-state index is 11.7. The monoisotopic (exact) mass is 369 g/mol. The van der Waals surface area contributed by atoms with E-state index in [1.54, 1.807) is 12.1 Å². The van der Waals surface area contributed by atoms with E-state index in [1.807, 2.05) is 27.7 Å². The first-order chi connectivity index (χ1) is 11.9. The van der Waals surface area contributed by atoms with Crippen LogP contribution in [0.1, 0.15) is 39.7 Å². The maximum atomic E-state index is 11.7. The Kier molecular flexibility index (Phi) is 8.77. The minimum Gasteiger partial charge on any atom is -0.490 e. The third-order valence-corrected chi connectivity index (χ3v) is 3.48. The van der Waals surface area contributed by atoms with Crippen molar-refractivity contribution < 1.29 is 19.1 Å². The van der Waals surface area contributed by atoms with Crippen LogP contribution in [0, 0.1) is 0 Å². The first kappa shape index (κ1) is 20.8. The van der Waals surface area contributed by atoms with E-state index in [0.29, 0.717) is 35.3 Å². The largest absolute Gasteiger partial charge is 0.490 e. The molecule has 0 aromatic heterocycles. The number of carbonyl (C=O) groups excluding carboxylic acids is 2. The molecular weight excluding hydrogens is 346 g/mol. The number of hydrazone groups is 1. The van der Waals surface area contributed by atoms with Crippen molar-refractivity contribution in [1.82, 2.24) is 10.7 Å². The zero-order chi connectivity index (χ0) is 18.8. The molecule has 0 bridgehead atoms. The highest BCUT2D eigenvalue weighted by Gasteiger charge is 2.15. The smallest absolute Gasteiger partial charge is 0.329 e. The van der Waals surface area contributed by atoms with Crippen LogP contribution in [0.15, 0.2) is 17.2 Å². The molecule has 1 aromatic carbocycles. The number of nitrogens with zero attached hydrogens (tertiary/aromatic N) is 1. The fraction of sp³-hybridized carbons (Fsp3) is 0.471. The van der Waals surface area contributed by atoms with Crippen LogP contribution in [-0.4, -0.2) is 37.3 Å². The third-order valence-electron chi connectivity index (χ3n) is 3.20. The zero-order valence-electron chi connectivity index (χ0n) is 14.9. The highest BCUT2D eigenvalue weighted by molar-refractivity contribution is 6.35. The molecule has 1 rings (SSSR count). The van der Waals surface area contributed by atoms with Gasteiger partial charge in [0.15, 0.2) is 11.5 Å². The SMILES string of the molecule is CCOc1cc(/C=N\NC(=O)C(=O)N[C@H](C)CC)cc(Cl)c1OCC. The summed E-state index contributed by atoms with van der Waals surface area (Å²) < 4.78 is 11.0. The fourth-order valence-corrected chi connectivity index (χ4v) is 2.09. The Labute approximate surface area is 152 Å². The number of ether oxygens (including phenoxy) is 2. The highest BCUT2D eigenvalue weighted by Crippen LogP contribution is 2.36. The maximum Gasteiger partial charge on any atom is 0.329 e. The predicted molar refractivity (Wildman–Crippen MR) is 97.4 cm³/mol. The van der Waals surface area contributed by atoms with Crippen LogP contribution in [0.5, 0.6) is 11.5 Å². The van der Waals surface area contributed by atoms with Gasteiger partial charge in [0.2, 0.25) is 0 Å². The summed E-state index contributed by atoms with van der Waals surface area (Å²) in [5.74, 6) is -0.621. The van der Waals surface area contributed by atoms with Gasteiger partial charge >= 0.3 is 11.8 Å². The fourth-order valence-electron chi connectivity index (χ4n) is 1.82. The molecule has 0 aliphatic heterocycles. The van der Waals surface area contributed by atoms with E-state index in [9.17, 15) is 9.59 Å². The summed E-state index contributed by atoms with van der Waals surface area (Å²) >= 11 is 6.20. The molecule has 0 saturated heterocycles. The molecule has 0 spiro atoms. The molecule has 0 aliphatic rings. The van der Waals surface area contributed by atoms with E-state index in [1.165, 1.54) is 6.21 Å². The van der Waals surface area contributed by atoms with Gasteiger partial charge in [0.1, 0.15) is 0 Å². The molecule has 0 radical (unpaired) electrons. The van der Waals surface area contributed by atoms with E-state index in [4.69, 9.17) is 21.1 Å². The number of rotatable bonds is 8. The molecule has 0 fully saturated rings. The van der Waals surface area contributed by atoms with Gasteiger partial charge in [-0.25, -0.2) is 5.43 Å². The topological polar surface area (TPSA) is 89.0 Å². The number of carbonyl (C=O) groups is 2. The number of benzene rings is 1. The summed E-state index contributed by atoms with van der Waals surface area (Å²) in [6.45, 7) is 8.32. The quantitative estimate of drug-likeness (QED) is 0.418. The first-order valence-electron chi connectivity index (χ1n) is 8.15. The number of amides is 2. The van der Waals surface area contributed by atoms with Gasteiger partial charge < -0.3 is 14.8 Å². The van der Waals surface area contributed by atoms with Crippen LogP contribution in [-0.2, 0) is 9.59 Å². The van der Waals surface area contributed by atoms with Crippen LogP contribution in [0.2, 0.25) is 5.02 Å². The van der Waals surface area contributed by atoms with E-state index in [0.717, 1.165) is 6.42 Å². The molecule has 0 heterocycles. The van der Waals surface area contributed by atoms with Gasteiger partial charge in [0.05, 0.1) is 24.5 Å². The summed E-state index contributed by atoms with van der Waals surface area (Å²) in [7, 11) is 0. The Hall–Kier alpha value is -2.28. The molecule has 2 N–H and O–H groups in total. The van der Waals surface area contributed by atoms with Crippen LogP contribution < -0.4 is 20.2 Å². The van der Waals surface area contributed by atoms with Gasteiger partial charge in [0, 0.05) is 6.04 Å². The van der Waals surface area contributed by atoms with Crippen molar-refractivity contribution in [2.24, 2.45) is 5.10 Å². The minimum absolute atomic E-state index is 0.0825. The number of nitrogens with one attached hydrogen (secondary N) is 2. The van der Waals surface area contributed by atoms with E-state index in [2.05, 4.69) is 15.8 Å². The Morgan fingerprint density at radius 3 is 2.48 bits per heavy atom. The molecule has 0 saturated carbocycles. The van der Waals surface area contributed by atoms with Crippen molar-refractivity contribution in [1.29, 1.82) is 0 Å². The Bertz CT molecular complexity index is 635. The average Bonchev–Trinajstić information content (AvgIpc) is 2.57. The first-order valence-corrected chi connectivity index (χ1v) is 8.53. The second-order valence-corrected chi connectivity index (χ2v) is 5.59. The normalized spacial score (nSPS) is 11.9. The summed E-state index contributed by atoms with van der Waals surface area (Å²) in [4.78, 5) is 23.3. The molecular formula is C17H24ClN3O4. The molecule has 1 aromatic rings. The lowest BCUT2D eigenvalue weighted by molar-refractivity contribution is -0.139. The molecule has 0 unspecified atom stereocenters. The van der Waals surface area contributed by atoms with Gasteiger partial charge in [-0.15, -0.1) is 0 Å². The Morgan fingerprint density at radius 1 is 1.20 bits per heavy atom. The highest BCUT2D eigenvalue weighted by atomic mass is 35.5. The molecule has 2 amide bonds. The lowest BCUT2D eigenvalue weighted by Gasteiger charge is -2.13. The summed E-state index contributed by atoms with van der Waals surface area (Å²) in [6, 6.07) is 3.24. The molecule has 138 valence electrons. The van der Waals surface area contributed by atoms with Crippen molar-refractivity contribution in [2.75, 3.05) is 13.2 Å². The third kappa shape index (κ3) is 6.62. The Morgan fingerprint density at radius 2 is 1.88 bits per heavy atom. The lowest BCUT2D eigenvalue weighted by atomic mass is 10.2. The summed E-state index contributed by atoms with van der Waals surface area (Å²) in [5, 5.41) is 6.70. The van der Waals surface area contributed by atoms with Crippen molar-refractivity contribution in [2.45, 2.75) is 40.2 Å². The van der Waals surface area contributed by atoms with Gasteiger partial charge in [-0.2, -0.15) is 5.10 Å². The van der Waals surface area contributed by atoms with Crippen LogP contribution in [0.3, 0.4) is 0 Å². The van der Waals surface area contributed by atoms with Crippen LogP contribution in [0.25, 0.3) is 0 Å². The van der Waals surface area contributed by atoms with Gasteiger partial charge in [-0.05, 0) is 44.9 Å². The average molecular weight is 370 g/mol. The minimum atomic E-state index is -0.835. The van der Waals surface area contributed by atoms with Crippen molar-refractivity contribution >= 4 is 29.6 Å². The van der Waals surface area contributed by atoms with E-state index in [-0.39, 0.29) is 6.04 Å². The Balaban J connectivity index is 2.80. The second kappa shape index (κ2) is 10.6. The summed E-state index contributed by atoms with van der Waals surface area (Å²) in [5.41, 5.74) is 2.77. The number of hydrogen-bond acceptors (Lipinski definition) is 5. The summed E-state index contributed by atoms with van der Waals surface area (Å²) in [6.07, 6.45) is 2.10. The molecule has 1 atom stereocenters. The van der Waals surface area contributed by atoms with Crippen LogP contribution in [0.4, 0.5) is 0 Å². The molecule has 25 heavy (non-hydrogen) atoms.